The smallest absolute Gasteiger partial charge is 0.00611 e. The minimum Gasteiger partial charge on any atom is -0.316 e. The van der Waals surface area contributed by atoms with E-state index in [1.807, 2.05) is 0 Å². The van der Waals surface area contributed by atoms with Gasteiger partial charge in [-0.25, -0.2) is 0 Å². The van der Waals surface area contributed by atoms with E-state index >= 15 is 0 Å². The number of nitrogens with one attached hydrogen (secondary N) is 1. The minimum atomic E-state index is 0.463. The fourth-order valence-corrected chi connectivity index (χ4v) is 3.15. The van der Waals surface area contributed by atoms with Crippen LogP contribution in [0.3, 0.4) is 0 Å². The quantitative estimate of drug-likeness (QED) is 0.862. The van der Waals surface area contributed by atoms with Crippen LogP contribution >= 0.6 is 0 Å². The maximum atomic E-state index is 3.52. The highest BCUT2D eigenvalue weighted by atomic mass is 14.9. The molecular weight excluding hydrogens is 242 g/mol. The second kappa shape index (κ2) is 5.80. The van der Waals surface area contributed by atoms with E-state index in [9.17, 15) is 0 Å². The van der Waals surface area contributed by atoms with E-state index in [-0.39, 0.29) is 0 Å². The predicted octanol–water partition coefficient (Wildman–Crippen LogP) is 4.09. The van der Waals surface area contributed by atoms with Gasteiger partial charge in [-0.2, -0.15) is 0 Å². The summed E-state index contributed by atoms with van der Waals surface area (Å²) in [5, 5.41) is 3.52. The first-order valence-electron chi connectivity index (χ1n) is 7.64. The molecule has 2 aromatic rings. The highest BCUT2D eigenvalue weighted by Crippen LogP contribution is 2.29. The lowest BCUT2D eigenvalue weighted by Crippen LogP contribution is -2.18. The van der Waals surface area contributed by atoms with Crippen LogP contribution in [0.4, 0.5) is 0 Å². The molecule has 1 N–H and O–H groups in total. The minimum absolute atomic E-state index is 0.463. The predicted molar refractivity (Wildman–Crippen MR) is 85.4 cm³/mol. The van der Waals surface area contributed by atoms with Crippen molar-refractivity contribution in [3.63, 3.8) is 0 Å². The van der Waals surface area contributed by atoms with Crippen LogP contribution < -0.4 is 5.32 Å². The molecule has 104 valence electrons. The SMILES string of the molecule is CC1CNCCc2ccc(C(C)c3ccccc3)cc21. The molecule has 3 rings (SSSR count). The lowest BCUT2D eigenvalue weighted by molar-refractivity contribution is 0.644. The van der Waals surface area contributed by atoms with Gasteiger partial charge in [-0.3, -0.25) is 0 Å². The third-order valence-electron chi connectivity index (χ3n) is 4.52. The van der Waals surface area contributed by atoms with Gasteiger partial charge in [-0.1, -0.05) is 62.4 Å². The van der Waals surface area contributed by atoms with Crippen molar-refractivity contribution in [1.29, 1.82) is 0 Å². The Bertz CT molecular complexity index is 574. The van der Waals surface area contributed by atoms with E-state index < -0.39 is 0 Å². The van der Waals surface area contributed by atoms with Gasteiger partial charge in [0.15, 0.2) is 0 Å². The summed E-state index contributed by atoms with van der Waals surface area (Å²) >= 11 is 0. The fraction of sp³-hybridized carbons (Fsp3) is 0.368. The highest BCUT2D eigenvalue weighted by Gasteiger charge is 2.17. The maximum absolute atomic E-state index is 3.52. The zero-order valence-electron chi connectivity index (χ0n) is 12.4. The normalized spacial score (nSPS) is 20.0. The molecule has 0 amide bonds. The third-order valence-corrected chi connectivity index (χ3v) is 4.52. The summed E-state index contributed by atoms with van der Waals surface area (Å²) in [6, 6.07) is 17.9. The first-order valence-corrected chi connectivity index (χ1v) is 7.64. The largest absolute Gasteiger partial charge is 0.316 e. The van der Waals surface area contributed by atoms with Crippen LogP contribution in [-0.4, -0.2) is 13.1 Å². The lowest BCUT2D eigenvalue weighted by atomic mass is 9.87. The van der Waals surface area contributed by atoms with E-state index in [0.29, 0.717) is 11.8 Å². The average molecular weight is 265 g/mol. The van der Waals surface area contributed by atoms with Crippen molar-refractivity contribution in [1.82, 2.24) is 5.32 Å². The number of hydrogen-bond acceptors (Lipinski definition) is 1. The van der Waals surface area contributed by atoms with Crippen LogP contribution in [0, 0.1) is 0 Å². The molecule has 2 aromatic carbocycles. The van der Waals surface area contributed by atoms with Gasteiger partial charge in [0.05, 0.1) is 0 Å². The van der Waals surface area contributed by atoms with Crippen molar-refractivity contribution in [3.05, 3.63) is 70.8 Å². The van der Waals surface area contributed by atoms with Crippen LogP contribution in [0.5, 0.6) is 0 Å². The highest BCUT2D eigenvalue weighted by molar-refractivity contribution is 5.40. The number of fused-ring (bicyclic) bond motifs is 1. The molecule has 0 fully saturated rings. The monoisotopic (exact) mass is 265 g/mol. The van der Waals surface area contributed by atoms with E-state index in [1.54, 1.807) is 0 Å². The molecule has 2 atom stereocenters. The van der Waals surface area contributed by atoms with E-state index in [1.165, 1.54) is 22.3 Å². The van der Waals surface area contributed by atoms with Crippen molar-refractivity contribution in [2.75, 3.05) is 13.1 Å². The van der Waals surface area contributed by atoms with Gasteiger partial charge in [0.2, 0.25) is 0 Å². The number of hydrogen-bond donors (Lipinski definition) is 1. The van der Waals surface area contributed by atoms with Crippen LogP contribution in [0.25, 0.3) is 0 Å². The fourth-order valence-electron chi connectivity index (χ4n) is 3.15. The second-order valence-electron chi connectivity index (χ2n) is 5.95. The molecule has 1 heteroatoms. The van der Waals surface area contributed by atoms with Gasteiger partial charge in [-0.05, 0) is 41.1 Å². The maximum Gasteiger partial charge on any atom is 0.00611 e. The van der Waals surface area contributed by atoms with Gasteiger partial charge in [0.25, 0.3) is 0 Å². The Balaban J connectivity index is 1.95. The molecule has 1 aliphatic rings. The first-order chi connectivity index (χ1) is 9.75. The molecule has 0 aliphatic carbocycles. The van der Waals surface area contributed by atoms with E-state index in [2.05, 4.69) is 67.7 Å². The molecule has 2 unspecified atom stereocenters. The Labute approximate surface area is 122 Å². The molecule has 0 radical (unpaired) electrons. The Morgan fingerprint density at radius 2 is 1.85 bits per heavy atom. The zero-order valence-corrected chi connectivity index (χ0v) is 12.4. The van der Waals surface area contributed by atoms with Gasteiger partial charge in [-0.15, -0.1) is 0 Å². The molecule has 1 heterocycles. The molecule has 0 spiro atoms. The lowest BCUT2D eigenvalue weighted by Gasteiger charge is -2.18. The Morgan fingerprint density at radius 3 is 2.65 bits per heavy atom. The molecule has 20 heavy (non-hydrogen) atoms. The van der Waals surface area contributed by atoms with Crippen molar-refractivity contribution < 1.29 is 0 Å². The molecule has 0 aromatic heterocycles. The molecule has 0 bridgehead atoms. The van der Waals surface area contributed by atoms with Gasteiger partial charge in [0, 0.05) is 12.5 Å². The molecule has 1 aliphatic heterocycles. The summed E-state index contributed by atoms with van der Waals surface area (Å²) in [6.45, 7) is 6.83. The third kappa shape index (κ3) is 2.64. The topological polar surface area (TPSA) is 12.0 Å². The first kappa shape index (κ1) is 13.4. The second-order valence-corrected chi connectivity index (χ2v) is 5.95. The van der Waals surface area contributed by atoms with Crippen LogP contribution in [0.1, 0.15) is 47.9 Å². The van der Waals surface area contributed by atoms with Crippen LogP contribution in [-0.2, 0) is 6.42 Å². The van der Waals surface area contributed by atoms with Crippen LogP contribution in [0.2, 0.25) is 0 Å². The zero-order chi connectivity index (χ0) is 13.9. The molecular formula is C19H23N. The Morgan fingerprint density at radius 1 is 1.05 bits per heavy atom. The number of rotatable bonds is 2. The van der Waals surface area contributed by atoms with Gasteiger partial charge in [0.1, 0.15) is 0 Å². The van der Waals surface area contributed by atoms with E-state index in [0.717, 1.165) is 19.5 Å². The van der Waals surface area contributed by atoms with Gasteiger partial charge >= 0.3 is 0 Å². The summed E-state index contributed by atoms with van der Waals surface area (Å²) in [7, 11) is 0. The Hall–Kier alpha value is -1.60. The molecule has 0 saturated heterocycles. The summed E-state index contributed by atoms with van der Waals surface area (Å²) in [4.78, 5) is 0. The summed E-state index contributed by atoms with van der Waals surface area (Å²) in [5.41, 5.74) is 5.89. The molecule has 1 nitrogen and oxygen atoms in total. The van der Waals surface area contributed by atoms with Crippen molar-refractivity contribution >= 4 is 0 Å². The standard InChI is InChI=1S/C19H23N/c1-14-13-20-11-10-17-8-9-18(12-19(14)17)15(2)16-6-4-3-5-7-16/h3-9,12,14-15,20H,10-11,13H2,1-2H3. The van der Waals surface area contributed by atoms with Crippen molar-refractivity contribution in [3.8, 4) is 0 Å². The van der Waals surface area contributed by atoms with Crippen LogP contribution in [0.15, 0.2) is 48.5 Å². The van der Waals surface area contributed by atoms with E-state index in [4.69, 9.17) is 0 Å². The summed E-state index contributed by atoms with van der Waals surface area (Å²) in [5.74, 6) is 1.07. The van der Waals surface area contributed by atoms with Crippen molar-refractivity contribution in [2.45, 2.75) is 32.1 Å². The average Bonchev–Trinajstić information content (AvgIpc) is 2.69. The van der Waals surface area contributed by atoms with Crippen molar-refractivity contribution in [2.24, 2.45) is 0 Å². The summed E-state index contributed by atoms with van der Waals surface area (Å²) < 4.78 is 0. The van der Waals surface area contributed by atoms with Gasteiger partial charge < -0.3 is 5.32 Å². The Kier molecular flexibility index (Phi) is 3.88. The summed E-state index contributed by atoms with van der Waals surface area (Å²) in [6.07, 6.45) is 1.15. The number of benzene rings is 2. The molecule has 0 saturated carbocycles.